The number of nitrogens with one attached hydrogen (secondary N) is 2. The fourth-order valence-electron chi connectivity index (χ4n) is 2.53. The largest absolute Gasteiger partial charge is 0.635 e. The minimum Gasteiger partial charge on any atom is -0.464 e. The Morgan fingerprint density at radius 1 is 1.33 bits per heavy atom. The van der Waals surface area contributed by atoms with Crippen molar-refractivity contribution < 1.29 is 28.7 Å². The fourth-order valence-corrected chi connectivity index (χ4v) is 2.53. The summed E-state index contributed by atoms with van der Waals surface area (Å²) in [6, 6.07) is 7.21. The Kier molecular flexibility index (Phi) is 5.55. The SMILES string of the molecule is Cn1ccnc1NC(=O)C(=O)N[C@@H](Cc1coc2ccccc12)OB(O)O. The number of imidazole rings is 1. The highest BCUT2D eigenvalue weighted by atomic mass is 16.6. The number of nitrogens with zero attached hydrogens (tertiary/aromatic N) is 2. The van der Waals surface area contributed by atoms with Crippen molar-refractivity contribution in [2.24, 2.45) is 7.05 Å². The monoisotopic (exact) mass is 372 g/mol. The van der Waals surface area contributed by atoms with Crippen molar-refractivity contribution in [1.82, 2.24) is 14.9 Å². The fraction of sp³-hybridized carbons (Fsp3) is 0.188. The number of benzene rings is 1. The van der Waals surface area contributed by atoms with E-state index in [0.717, 1.165) is 5.39 Å². The van der Waals surface area contributed by atoms with Crippen LogP contribution in [0.15, 0.2) is 47.3 Å². The molecule has 140 valence electrons. The van der Waals surface area contributed by atoms with Crippen LogP contribution in [0.4, 0.5) is 5.95 Å². The molecule has 0 radical (unpaired) electrons. The first kappa shape index (κ1) is 18.6. The first-order valence-corrected chi connectivity index (χ1v) is 8.00. The van der Waals surface area contributed by atoms with E-state index in [2.05, 4.69) is 15.6 Å². The van der Waals surface area contributed by atoms with Gasteiger partial charge in [-0.25, -0.2) is 4.98 Å². The van der Waals surface area contributed by atoms with Crippen LogP contribution in [0.5, 0.6) is 0 Å². The first-order chi connectivity index (χ1) is 12.9. The molecule has 2 amide bonds. The maximum absolute atomic E-state index is 12.1. The average Bonchev–Trinajstić information content (AvgIpc) is 3.21. The predicted octanol–water partition coefficient (Wildman–Crippen LogP) is -0.224. The molecule has 27 heavy (non-hydrogen) atoms. The summed E-state index contributed by atoms with van der Waals surface area (Å²) in [5.74, 6) is -1.80. The smallest absolute Gasteiger partial charge is 0.464 e. The lowest BCUT2D eigenvalue weighted by molar-refractivity contribution is -0.138. The van der Waals surface area contributed by atoms with E-state index < -0.39 is 25.4 Å². The van der Waals surface area contributed by atoms with Crippen molar-refractivity contribution in [3.05, 3.63) is 48.5 Å². The van der Waals surface area contributed by atoms with Crippen LogP contribution in [0.3, 0.4) is 0 Å². The summed E-state index contributed by atoms with van der Waals surface area (Å²) in [5.41, 5.74) is 1.30. The zero-order valence-corrected chi connectivity index (χ0v) is 14.3. The van der Waals surface area contributed by atoms with Gasteiger partial charge in [-0.1, -0.05) is 18.2 Å². The number of para-hydroxylation sites is 1. The van der Waals surface area contributed by atoms with Crippen LogP contribution in [0.2, 0.25) is 0 Å². The topological polar surface area (TPSA) is 139 Å². The zero-order chi connectivity index (χ0) is 19.4. The van der Waals surface area contributed by atoms with Crippen LogP contribution >= 0.6 is 0 Å². The second-order valence-corrected chi connectivity index (χ2v) is 5.70. The summed E-state index contributed by atoms with van der Waals surface area (Å²) in [5, 5.41) is 23.6. The number of rotatable bonds is 6. The van der Waals surface area contributed by atoms with Crippen molar-refractivity contribution in [2.45, 2.75) is 12.6 Å². The number of furan rings is 1. The average molecular weight is 372 g/mol. The molecule has 0 saturated heterocycles. The van der Waals surface area contributed by atoms with Crippen LogP contribution < -0.4 is 10.6 Å². The van der Waals surface area contributed by atoms with Gasteiger partial charge in [0, 0.05) is 36.8 Å². The molecule has 3 rings (SSSR count). The van der Waals surface area contributed by atoms with E-state index in [1.165, 1.54) is 17.0 Å². The molecule has 2 aromatic heterocycles. The van der Waals surface area contributed by atoms with Gasteiger partial charge >= 0.3 is 19.1 Å². The van der Waals surface area contributed by atoms with E-state index >= 15 is 0 Å². The molecule has 0 aliphatic rings. The van der Waals surface area contributed by atoms with Gasteiger partial charge in [-0.05, 0) is 6.07 Å². The third-order valence-electron chi connectivity index (χ3n) is 3.80. The molecule has 0 aliphatic carbocycles. The zero-order valence-electron chi connectivity index (χ0n) is 14.3. The molecular weight excluding hydrogens is 355 g/mol. The standard InChI is InChI=1S/C16H17BN4O6/c1-21-7-6-18-16(21)20-15(23)14(22)19-13(27-17(24)25)8-10-9-26-12-5-3-2-4-11(10)12/h2-7,9,13,24-25H,8H2,1H3,(H,19,22)(H,18,20,23)/t13-/m1/s1. The molecule has 0 bridgehead atoms. The van der Waals surface area contributed by atoms with Crippen molar-refractivity contribution in [3.63, 3.8) is 0 Å². The quantitative estimate of drug-likeness (QED) is 0.266. The van der Waals surface area contributed by atoms with Gasteiger partial charge in [-0.3, -0.25) is 14.9 Å². The maximum atomic E-state index is 12.1. The second kappa shape index (κ2) is 8.04. The molecule has 4 N–H and O–H groups in total. The Morgan fingerprint density at radius 3 is 2.81 bits per heavy atom. The van der Waals surface area contributed by atoms with Crippen molar-refractivity contribution in [2.75, 3.05) is 5.32 Å². The van der Waals surface area contributed by atoms with Crippen molar-refractivity contribution in [3.8, 4) is 0 Å². The van der Waals surface area contributed by atoms with E-state index in [1.807, 2.05) is 18.2 Å². The highest BCUT2D eigenvalue weighted by Crippen LogP contribution is 2.22. The minimum atomic E-state index is -2.13. The molecule has 10 nitrogen and oxygen atoms in total. The summed E-state index contributed by atoms with van der Waals surface area (Å²) >= 11 is 0. The summed E-state index contributed by atoms with van der Waals surface area (Å²) in [4.78, 5) is 28.0. The highest BCUT2D eigenvalue weighted by Gasteiger charge is 2.25. The van der Waals surface area contributed by atoms with Crippen LogP contribution in [0.1, 0.15) is 5.56 Å². The molecule has 3 aromatic rings. The number of fused-ring (bicyclic) bond motifs is 1. The lowest BCUT2D eigenvalue weighted by atomic mass is 10.1. The molecule has 2 heterocycles. The molecule has 0 spiro atoms. The molecule has 1 aromatic carbocycles. The number of hydrogen-bond acceptors (Lipinski definition) is 7. The van der Waals surface area contributed by atoms with Gasteiger partial charge in [0.25, 0.3) is 0 Å². The lowest BCUT2D eigenvalue weighted by Crippen LogP contribution is -2.46. The summed E-state index contributed by atoms with van der Waals surface area (Å²) in [7, 11) is -0.482. The van der Waals surface area contributed by atoms with Gasteiger partial charge in [0.05, 0.1) is 6.26 Å². The summed E-state index contributed by atoms with van der Waals surface area (Å²) in [6.45, 7) is 0. The van der Waals surface area contributed by atoms with Crippen LogP contribution in [-0.4, -0.2) is 45.0 Å². The molecule has 0 aliphatic heterocycles. The second-order valence-electron chi connectivity index (χ2n) is 5.70. The van der Waals surface area contributed by atoms with Gasteiger partial charge in [0.1, 0.15) is 11.8 Å². The Labute approximate surface area is 153 Å². The Hall–Kier alpha value is -3.15. The molecule has 11 heteroatoms. The Bertz CT molecular complexity index is 953. The predicted molar refractivity (Wildman–Crippen MR) is 95.0 cm³/mol. The Morgan fingerprint density at radius 2 is 2.11 bits per heavy atom. The van der Waals surface area contributed by atoms with Crippen LogP contribution in [0.25, 0.3) is 11.0 Å². The Balaban J connectivity index is 1.70. The lowest BCUT2D eigenvalue weighted by Gasteiger charge is -2.18. The van der Waals surface area contributed by atoms with Gasteiger partial charge < -0.3 is 29.0 Å². The van der Waals surface area contributed by atoms with Gasteiger partial charge in [-0.2, -0.15) is 0 Å². The molecule has 1 atom stereocenters. The molecular formula is C16H17BN4O6. The van der Waals surface area contributed by atoms with E-state index in [-0.39, 0.29) is 12.4 Å². The van der Waals surface area contributed by atoms with E-state index in [4.69, 9.17) is 19.1 Å². The summed E-state index contributed by atoms with van der Waals surface area (Å²) < 4.78 is 11.8. The van der Waals surface area contributed by atoms with Gasteiger partial charge in [-0.15, -0.1) is 0 Å². The third kappa shape index (κ3) is 4.53. The van der Waals surface area contributed by atoms with Crippen molar-refractivity contribution >= 4 is 36.1 Å². The van der Waals surface area contributed by atoms with E-state index in [9.17, 15) is 9.59 Å². The number of aryl methyl sites for hydroxylation is 1. The van der Waals surface area contributed by atoms with Gasteiger partial charge in [0.2, 0.25) is 5.95 Å². The number of amides is 2. The van der Waals surface area contributed by atoms with E-state index in [1.54, 1.807) is 19.3 Å². The molecule has 0 unspecified atom stereocenters. The van der Waals surface area contributed by atoms with Crippen molar-refractivity contribution in [1.29, 1.82) is 0 Å². The number of aromatic nitrogens is 2. The van der Waals surface area contributed by atoms with E-state index in [0.29, 0.717) is 11.1 Å². The normalized spacial score (nSPS) is 12.0. The third-order valence-corrected chi connectivity index (χ3v) is 3.80. The van der Waals surface area contributed by atoms with Gasteiger partial charge in [0.15, 0.2) is 0 Å². The summed E-state index contributed by atoms with van der Waals surface area (Å²) in [6.07, 6.45) is 3.42. The van der Waals surface area contributed by atoms with Crippen LogP contribution in [0, 0.1) is 0 Å². The highest BCUT2D eigenvalue weighted by molar-refractivity contribution is 6.39. The maximum Gasteiger partial charge on any atom is 0.635 e. The first-order valence-electron chi connectivity index (χ1n) is 8.00. The number of hydrogen-bond donors (Lipinski definition) is 4. The molecule has 0 saturated carbocycles. The minimum absolute atomic E-state index is 0.0516. The number of carbonyl (C=O) groups excluding carboxylic acids is 2. The van der Waals surface area contributed by atoms with Crippen LogP contribution in [-0.2, 0) is 27.7 Å². The number of carbonyl (C=O) groups is 2. The molecule has 0 fully saturated rings. The number of anilines is 1.